The summed E-state index contributed by atoms with van der Waals surface area (Å²) in [5.41, 5.74) is 1.65. The van der Waals surface area contributed by atoms with E-state index in [1.165, 1.54) is 11.3 Å². The lowest BCUT2D eigenvalue weighted by molar-refractivity contribution is -0.116. The topological polar surface area (TPSA) is 76.1 Å². The van der Waals surface area contributed by atoms with E-state index in [-0.39, 0.29) is 23.8 Å². The van der Waals surface area contributed by atoms with Crippen LogP contribution in [0.3, 0.4) is 0 Å². The molecule has 0 aliphatic heterocycles. The van der Waals surface area contributed by atoms with Crippen molar-refractivity contribution in [1.82, 2.24) is 4.98 Å². The zero-order valence-corrected chi connectivity index (χ0v) is 17.3. The van der Waals surface area contributed by atoms with Crippen LogP contribution in [0.15, 0.2) is 53.4 Å². The van der Waals surface area contributed by atoms with Gasteiger partial charge in [0.1, 0.15) is 0 Å². The molecule has 0 atom stereocenters. The summed E-state index contributed by atoms with van der Waals surface area (Å²) in [7, 11) is -3.23. The molecule has 1 N–H and O–H groups in total. The number of aromatic nitrogens is 1. The molecule has 142 valence electrons. The molecule has 5 nitrogen and oxygen atoms in total. The lowest BCUT2D eigenvalue weighted by Gasteiger charge is -2.05. The molecule has 1 heterocycles. The van der Waals surface area contributed by atoms with Crippen LogP contribution in [0.4, 0.5) is 5.13 Å². The van der Waals surface area contributed by atoms with Crippen molar-refractivity contribution >= 4 is 54.2 Å². The highest BCUT2D eigenvalue weighted by Gasteiger charge is 2.14. The second kappa shape index (κ2) is 8.86. The quantitative estimate of drug-likeness (QED) is 0.548. The number of rotatable bonds is 8. The molecule has 0 aliphatic carbocycles. The van der Waals surface area contributed by atoms with Crippen LogP contribution >= 0.6 is 23.1 Å². The summed E-state index contributed by atoms with van der Waals surface area (Å²) in [4.78, 5) is 17.7. The number of carbonyl (C=O) groups is 1. The summed E-state index contributed by atoms with van der Waals surface area (Å²) >= 11 is 3.03. The van der Waals surface area contributed by atoms with Crippen LogP contribution in [0.5, 0.6) is 0 Å². The molecule has 0 bridgehead atoms. The number of carbonyl (C=O) groups excluding carboxylic acids is 1. The Morgan fingerprint density at radius 3 is 2.67 bits per heavy atom. The zero-order chi connectivity index (χ0) is 19.3. The van der Waals surface area contributed by atoms with Crippen molar-refractivity contribution in [2.75, 3.05) is 17.3 Å². The molecule has 0 aliphatic rings. The molecule has 3 aromatic rings. The van der Waals surface area contributed by atoms with Gasteiger partial charge in [-0.3, -0.25) is 4.79 Å². The van der Waals surface area contributed by atoms with E-state index in [1.54, 1.807) is 23.9 Å². The third kappa shape index (κ3) is 5.54. The number of nitrogens with zero attached hydrogens (tertiary/aromatic N) is 1. The van der Waals surface area contributed by atoms with E-state index >= 15 is 0 Å². The van der Waals surface area contributed by atoms with Crippen LogP contribution in [0.2, 0.25) is 0 Å². The van der Waals surface area contributed by atoms with Gasteiger partial charge in [-0.05, 0) is 30.4 Å². The number of hydrogen-bond acceptors (Lipinski definition) is 6. The molecule has 1 amide bonds. The molecule has 1 aromatic heterocycles. The van der Waals surface area contributed by atoms with Crippen molar-refractivity contribution in [1.29, 1.82) is 0 Å². The average Bonchev–Trinajstić information content (AvgIpc) is 3.04. The summed E-state index contributed by atoms with van der Waals surface area (Å²) in [6.07, 6.45) is 2.43. The van der Waals surface area contributed by atoms with Crippen LogP contribution in [0, 0.1) is 0 Å². The first-order chi connectivity index (χ1) is 13.0. The number of hydrogen-bond donors (Lipinski definition) is 1. The minimum atomic E-state index is -3.23. The first-order valence-electron chi connectivity index (χ1n) is 8.44. The van der Waals surface area contributed by atoms with Gasteiger partial charge in [-0.1, -0.05) is 47.7 Å². The number of amides is 1. The maximum absolute atomic E-state index is 12.2. The summed E-state index contributed by atoms with van der Waals surface area (Å²) in [5.74, 6) is -0.217. The number of benzene rings is 2. The largest absolute Gasteiger partial charge is 0.302 e. The Kier molecular flexibility index (Phi) is 6.51. The van der Waals surface area contributed by atoms with Crippen LogP contribution in [0.1, 0.15) is 18.4 Å². The van der Waals surface area contributed by atoms with E-state index in [1.807, 2.05) is 42.7 Å². The number of sulfone groups is 1. The van der Waals surface area contributed by atoms with Crippen molar-refractivity contribution in [3.63, 3.8) is 0 Å². The van der Waals surface area contributed by atoms with Gasteiger partial charge in [-0.15, -0.1) is 11.8 Å². The van der Waals surface area contributed by atoms with Crippen LogP contribution < -0.4 is 5.32 Å². The van der Waals surface area contributed by atoms with E-state index in [0.717, 1.165) is 20.7 Å². The highest BCUT2D eigenvalue weighted by molar-refractivity contribution is 7.98. The number of thioether (sulfide) groups is 1. The van der Waals surface area contributed by atoms with E-state index in [2.05, 4.69) is 10.3 Å². The van der Waals surface area contributed by atoms with Gasteiger partial charge >= 0.3 is 0 Å². The Bertz CT molecular complexity index is 1030. The highest BCUT2D eigenvalue weighted by atomic mass is 32.2. The van der Waals surface area contributed by atoms with Gasteiger partial charge in [0.05, 0.1) is 21.7 Å². The normalized spacial score (nSPS) is 11.6. The molecule has 0 saturated carbocycles. The fraction of sp³-hybridized carbons (Fsp3) is 0.263. The van der Waals surface area contributed by atoms with Crippen LogP contribution in [-0.4, -0.2) is 31.3 Å². The highest BCUT2D eigenvalue weighted by Crippen LogP contribution is 2.32. The number of para-hydroxylation sites is 1. The summed E-state index contributed by atoms with van der Waals surface area (Å²) in [6, 6.07) is 15.0. The summed E-state index contributed by atoms with van der Waals surface area (Å²) < 4.78 is 25.4. The SMILES string of the molecule is CSc1cccc2sc(NC(=O)CCCS(=O)(=O)Cc3ccccc3)nc12. The van der Waals surface area contributed by atoms with Crippen molar-refractivity contribution in [2.45, 2.75) is 23.5 Å². The van der Waals surface area contributed by atoms with Crippen molar-refractivity contribution in [3.8, 4) is 0 Å². The Morgan fingerprint density at radius 1 is 1.15 bits per heavy atom. The van der Waals surface area contributed by atoms with Crippen molar-refractivity contribution < 1.29 is 13.2 Å². The van der Waals surface area contributed by atoms with Crippen LogP contribution in [0.25, 0.3) is 10.2 Å². The van der Waals surface area contributed by atoms with Gasteiger partial charge < -0.3 is 5.32 Å². The molecule has 0 radical (unpaired) electrons. The predicted octanol–water partition coefficient (Wildman–Crippen LogP) is 4.35. The fourth-order valence-corrected chi connectivity index (χ4v) is 5.64. The van der Waals surface area contributed by atoms with Crippen molar-refractivity contribution in [2.24, 2.45) is 0 Å². The third-order valence-corrected chi connectivity index (χ3v) is 7.33. The number of thiazole rings is 1. The van der Waals surface area contributed by atoms with Gasteiger partial charge in [-0.25, -0.2) is 13.4 Å². The summed E-state index contributed by atoms with van der Waals surface area (Å²) in [6.45, 7) is 0. The molecule has 2 aromatic carbocycles. The lowest BCUT2D eigenvalue weighted by Crippen LogP contribution is -2.15. The molecule has 0 spiro atoms. The Balaban J connectivity index is 1.52. The smallest absolute Gasteiger partial charge is 0.226 e. The first kappa shape index (κ1) is 19.9. The van der Waals surface area contributed by atoms with Crippen molar-refractivity contribution in [3.05, 3.63) is 54.1 Å². The van der Waals surface area contributed by atoms with E-state index in [9.17, 15) is 13.2 Å². The molecule has 0 saturated heterocycles. The number of fused-ring (bicyclic) bond motifs is 1. The van der Waals surface area contributed by atoms with Crippen LogP contribution in [-0.2, 0) is 20.4 Å². The second-order valence-electron chi connectivity index (χ2n) is 6.06. The first-order valence-corrected chi connectivity index (χ1v) is 12.3. The van der Waals surface area contributed by atoms with E-state index in [4.69, 9.17) is 0 Å². The lowest BCUT2D eigenvalue weighted by atomic mass is 10.2. The fourth-order valence-electron chi connectivity index (χ4n) is 2.68. The zero-order valence-electron chi connectivity index (χ0n) is 14.8. The molecule has 3 rings (SSSR count). The Morgan fingerprint density at radius 2 is 1.93 bits per heavy atom. The summed E-state index contributed by atoms with van der Waals surface area (Å²) in [5, 5.41) is 3.33. The maximum atomic E-state index is 12.2. The molecular weight excluding hydrogens is 400 g/mol. The van der Waals surface area contributed by atoms with Gasteiger partial charge in [0.15, 0.2) is 15.0 Å². The molecule has 8 heteroatoms. The standard InChI is InChI=1S/C19H20N2O3S3/c1-25-15-9-5-10-16-18(15)21-19(26-16)20-17(22)11-6-12-27(23,24)13-14-7-3-2-4-8-14/h2-5,7-10H,6,11-13H2,1H3,(H,20,21,22). The Labute approximate surface area is 167 Å². The average molecular weight is 421 g/mol. The Hall–Kier alpha value is -1.90. The number of nitrogens with one attached hydrogen (secondary N) is 1. The predicted molar refractivity (Wildman–Crippen MR) is 113 cm³/mol. The van der Waals surface area contributed by atoms with E-state index < -0.39 is 9.84 Å². The monoisotopic (exact) mass is 420 g/mol. The molecular formula is C19H20N2O3S3. The molecule has 27 heavy (non-hydrogen) atoms. The third-order valence-electron chi connectivity index (χ3n) is 3.94. The molecule has 0 fully saturated rings. The maximum Gasteiger partial charge on any atom is 0.226 e. The molecule has 0 unspecified atom stereocenters. The second-order valence-corrected chi connectivity index (χ2v) is 10.1. The van der Waals surface area contributed by atoms with E-state index in [0.29, 0.717) is 11.6 Å². The minimum Gasteiger partial charge on any atom is -0.302 e. The minimum absolute atomic E-state index is 0.00475. The van der Waals surface area contributed by atoms with Gasteiger partial charge in [-0.2, -0.15) is 0 Å². The van der Waals surface area contributed by atoms with Gasteiger partial charge in [0.25, 0.3) is 0 Å². The number of anilines is 1. The van der Waals surface area contributed by atoms with Gasteiger partial charge in [0.2, 0.25) is 5.91 Å². The van der Waals surface area contributed by atoms with Gasteiger partial charge in [0, 0.05) is 11.3 Å².